The van der Waals surface area contributed by atoms with E-state index in [1.165, 1.54) is 10.9 Å². The first-order valence-corrected chi connectivity index (χ1v) is 16.8. The summed E-state index contributed by atoms with van der Waals surface area (Å²) >= 11 is 1.08. The number of allylic oxidation sites excluding steroid dienone is 1. The number of para-hydroxylation sites is 3. The highest BCUT2D eigenvalue weighted by molar-refractivity contribution is 7.20. The van der Waals surface area contributed by atoms with Crippen molar-refractivity contribution in [2.45, 2.75) is 12.8 Å². The van der Waals surface area contributed by atoms with E-state index in [0.717, 1.165) is 68.6 Å². The smallest absolute Gasteiger partial charge is 0.310 e. The van der Waals surface area contributed by atoms with E-state index < -0.39 is 21.2 Å². The normalized spacial score (nSPS) is 12.6. The van der Waals surface area contributed by atoms with E-state index in [1.807, 2.05) is 84.9 Å². The Morgan fingerprint density at radius 1 is 0.551 bits per heavy atom. The summed E-state index contributed by atoms with van der Waals surface area (Å²) in [4.78, 5) is 24.2. The van der Waals surface area contributed by atoms with Crippen molar-refractivity contribution in [1.82, 2.24) is 9.13 Å². The lowest BCUT2D eigenvalue weighted by Gasteiger charge is -2.12. The number of thiophene rings is 1. The molecule has 1 aliphatic rings. The zero-order valence-corrected chi connectivity index (χ0v) is 26.8. The van der Waals surface area contributed by atoms with Crippen molar-refractivity contribution in [3.63, 3.8) is 0 Å². The number of benzene rings is 5. The summed E-state index contributed by atoms with van der Waals surface area (Å²) in [6.07, 6.45) is 6.28. The molecular weight excluding hydrogens is 633 g/mol. The molecule has 0 spiro atoms. The predicted molar refractivity (Wildman–Crippen MR) is 197 cm³/mol. The molecule has 0 aliphatic heterocycles. The third-order valence-electron chi connectivity index (χ3n) is 9.44. The van der Waals surface area contributed by atoms with Gasteiger partial charge in [-0.1, -0.05) is 84.9 Å². The van der Waals surface area contributed by atoms with Gasteiger partial charge in [0.25, 0.3) is 0 Å². The number of aromatic nitrogens is 2. The van der Waals surface area contributed by atoms with Crippen LogP contribution in [0.5, 0.6) is 0 Å². The van der Waals surface area contributed by atoms with Crippen LogP contribution in [-0.2, 0) is 6.42 Å². The highest BCUT2D eigenvalue weighted by Gasteiger charge is 2.37. The van der Waals surface area contributed by atoms with Gasteiger partial charge in [-0.3, -0.25) is 20.2 Å². The van der Waals surface area contributed by atoms with Gasteiger partial charge in [0.2, 0.25) is 0 Å². The molecule has 3 heterocycles. The van der Waals surface area contributed by atoms with Gasteiger partial charge in [0.15, 0.2) is 0 Å². The molecule has 0 radical (unpaired) electrons. The van der Waals surface area contributed by atoms with E-state index in [-0.39, 0.29) is 9.75 Å². The molecule has 0 bridgehead atoms. The zero-order valence-electron chi connectivity index (χ0n) is 25.9. The fraction of sp³-hybridized carbons (Fsp3) is 0.0500. The zero-order chi connectivity index (χ0) is 33.2. The van der Waals surface area contributed by atoms with Crippen LogP contribution in [0.2, 0.25) is 0 Å². The van der Waals surface area contributed by atoms with Gasteiger partial charge in [-0.2, -0.15) is 0 Å². The molecule has 0 fully saturated rings. The molecule has 0 amide bonds. The lowest BCUT2D eigenvalue weighted by atomic mass is 10.0. The molecule has 9 rings (SSSR count). The van der Waals surface area contributed by atoms with Gasteiger partial charge in [-0.05, 0) is 78.1 Å². The Labute approximate surface area is 283 Å². The Bertz CT molecular complexity index is 2610. The Hall–Kier alpha value is -6.32. The molecule has 3 aromatic heterocycles. The van der Waals surface area contributed by atoms with Crippen LogP contribution in [0.25, 0.3) is 71.0 Å². The standard InChI is InChI=1S/C40H26N4O4S/c45-43(46)37-38(44(47)48)40(26-19-23-28(24-20-26)42-35-15-7-3-11-31(35)32-12-4-8-16-36(32)42)49-39(37)25-17-21-27(22-18-25)41-33-13-5-1-9-29(33)30-10-2-6-14-34(30)41/h1-3,5-11,13-24H,4,12H2. The molecule has 8 nitrogen and oxygen atoms in total. The van der Waals surface area contributed by atoms with Crippen LogP contribution in [0.15, 0.2) is 127 Å². The Morgan fingerprint density at radius 3 is 1.51 bits per heavy atom. The molecule has 0 atom stereocenters. The van der Waals surface area contributed by atoms with E-state index in [0.29, 0.717) is 11.1 Å². The second-order valence-electron chi connectivity index (χ2n) is 12.1. The van der Waals surface area contributed by atoms with E-state index in [4.69, 9.17) is 0 Å². The number of nitro groups is 2. The number of fused-ring (bicyclic) bond motifs is 6. The molecule has 0 saturated carbocycles. The van der Waals surface area contributed by atoms with Gasteiger partial charge in [-0.25, -0.2) is 0 Å². The van der Waals surface area contributed by atoms with E-state index in [1.54, 1.807) is 0 Å². The first-order valence-electron chi connectivity index (χ1n) is 15.9. The van der Waals surface area contributed by atoms with Gasteiger partial charge in [0.1, 0.15) is 9.75 Å². The lowest BCUT2D eigenvalue weighted by molar-refractivity contribution is -0.420. The van der Waals surface area contributed by atoms with Crippen molar-refractivity contribution in [1.29, 1.82) is 0 Å². The van der Waals surface area contributed by atoms with Gasteiger partial charge in [0.05, 0.1) is 26.4 Å². The van der Waals surface area contributed by atoms with Gasteiger partial charge in [0, 0.05) is 33.2 Å². The topological polar surface area (TPSA) is 96.1 Å². The number of nitrogens with zero attached hydrogens (tertiary/aromatic N) is 4. The van der Waals surface area contributed by atoms with Crippen LogP contribution in [0, 0.1) is 20.2 Å². The summed E-state index contributed by atoms with van der Waals surface area (Å²) in [5, 5.41) is 28.4. The average molecular weight is 659 g/mol. The Kier molecular flexibility index (Phi) is 6.56. The third-order valence-corrected chi connectivity index (χ3v) is 10.7. The first-order chi connectivity index (χ1) is 24.0. The monoisotopic (exact) mass is 658 g/mol. The highest BCUT2D eigenvalue weighted by atomic mass is 32.1. The fourth-order valence-electron chi connectivity index (χ4n) is 7.33. The minimum atomic E-state index is -0.632. The van der Waals surface area contributed by atoms with E-state index in [2.05, 4.69) is 57.7 Å². The van der Waals surface area contributed by atoms with Crippen LogP contribution >= 0.6 is 11.3 Å². The summed E-state index contributed by atoms with van der Waals surface area (Å²) in [7, 11) is 0. The minimum absolute atomic E-state index is 0.250. The SMILES string of the molecule is O=[N+]([O-])c1c(-c2ccc(-n3c4c(c5ccccc53)CCC=C4)cc2)sc(-c2ccc(-n3c4ccccc4c4ccccc43)cc2)c1[N+](=O)[O-]. The van der Waals surface area contributed by atoms with Crippen molar-refractivity contribution in [2.24, 2.45) is 0 Å². The van der Waals surface area contributed by atoms with E-state index >= 15 is 0 Å². The first kappa shape index (κ1) is 28.9. The second-order valence-corrected chi connectivity index (χ2v) is 13.1. The third kappa shape index (κ3) is 4.43. The van der Waals surface area contributed by atoms with Crippen LogP contribution in [0.1, 0.15) is 17.7 Å². The summed E-state index contributed by atoms with van der Waals surface area (Å²) in [6, 6.07) is 39.6. The summed E-state index contributed by atoms with van der Waals surface area (Å²) in [5.41, 5.74) is 7.55. The van der Waals surface area contributed by atoms with Gasteiger partial charge < -0.3 is 9.13 Å². The van der Waals surface area contributed by atoms with Crippen molar-refractivity contribution in [3.05, 3.63) is 159 Å². The molecule has 0 saturated heterocycles. The van der Waals surface area contributed by atoms with Crippen LogP contribution in [0.4, 0.5) is 11.4 Å². The quantitative estimate of drug-likeness (QED) is 0.131. The number of hydrogen-bond donors (Lipinski definition) is 0. The molecular formula is C40H26N4O4S. The van der Waals surface area contributed by atoms with E-state index in [9.17, 15) is 20.2 Å². The Balaban J connectivity index is 1.15. The summed E-state index contributed by atoms with van der Waals surface area (Å²) in [6.45, 7) is 0. The van der Waals surface area contributed by atoms with Gasteiger partial charge >= 0.3 is 11.4 Å². The van der Waals surface area contributed by atoms with Crippen LogP contribution in [-0.4, -0.2) is 19.0 Å². The number of hydrogen-bond acceptors (Lipinski definition) is 5. The molecule has 0 N–H and O–H groups in total. The minimum Gasteiger partial charge on any atom is -0.310 e. The molecule has 49 heavy (non-hydrogen) atoms. The van der Waals surface area contributed by atoms with Crippen molar-refractivity contribution < 1.29 is 9.85 Å². The van der Waals surface area contributed by atoms with Crippen molar-refractivity contribution >= 4 is 61.5 Å². The largest absolute Gasteiger partial charge is 0.365 e. The van der Waals surface area contributed by atoms with Crippen molar-refractivity contribution in [2.75, 3.05) is 0 Å². The fourth-order valence-corrected chi connectivity index (χ4v) is 8.58. The molecule has 8 aromatic rings. The summed E-state index contributed by atoms with van der Waals surface area (Å²) in [5.74, 6) is 0. The van der Waals surface area contributed by atoms with Crippen molar-refractivity contribution in [3.8, 4) is 32.3 Å². The lowest BCUT2D eigenvalue weighted by Crippen LogP contribution is -2.00. The molecule has 5 aromatic carbocycles. The van der Waals surface area contributed by atoms with Gasteiger partial charge in [-0.15, -0.1) is 11.3 Å². The number of aryl methyl sites for hydroxylation is 1. The average Bonchev–Trinajstić information content (AvgIpc) is 3.81. The molecule has 236 valence electrons. The highest BCUT2D eigenvalue weighted by Crippen LogP contribution is 2.51. The molecule has 1 aliphatic carbocycles. The molecule has 9 heteroatoms. The van der Waals surface area contributed by atoms with Crippen LogP contribution in [0.3, 0.4) is 0 Å². The molecule has 0 unspecified atom stereocenters. The Morgan fingerprint density at radius 2 is 1.00 bits per heavy atom. The second kappa shape index (κ2) is 11.1. The number of rotatable bonds is 6. The maximum atomic E-state index is 12.5. The maximum absolute atomic E-state index is 12.5. The predicted octanol–water partition coefficient (Wildman–Crippen LogP) is 10.9. The summed E-state index contributed by atoms with van der Waals surface area (Å²) < 4.78 is 4.37. The van der Waals surface area contributed by atoms with Crippen LogP contribution < -0.4 is 0 Å². The maximum Gasteiger partial charge on any atom is 0.365 e.